The van der Waals surface area contributed by atoms with E-state index < -0.39 is 23.8 Å². The van der Waals surface area contributed by atoms with Crippen molar-refractivity contribution in [1.82, 2.24) is 15.5 Å². The molecule has 0 saturated carbocycles. The molecule has 0 aromatic rings. The molecule has 0 spiro atoms. The molecule has 7 heteroatoms. The fourth-order valence-corrected chi connectivity index (χ4v) is 1.77. The lowest BCUT2D eigenvalue weighted by molar-refractivity contribution is -0.141. The van der Waals surface area contributed by atoms with E-state index in [1.165, 1.54) is 0 Å². The number of hydrogen-bond acceptors (Lipinski definition) is 4. The highest BCUT2D eigenvalue weighted by molar-refractivity contribution is 6.14. The van der Waals surface area contributed by atoms with Crippen molar-refractivity contribution in [1.29, 1.82) is 0 Å². The summed E-state index contributed by atoms with van der Waals surface area (Å²) in [5, 5.41) is 5.17. The Morgan fingerprint density at radius 1 is 1.20 bits per heavy atom. The monoisotopic (exact) mass is 281 g/mol. The third-order valence-electron chi connectivity index (χ3n) is 2.82. The average molecular weight is 281 g/mol. The predicted octanol–water partition coefficient (Wildman–Crippen LogP) is -0.812. The van der Waals surface area contributed by atoms with Crippen LogP contribution >= 0.6 is 0 Å². The van der Waals surface area contributed by atoms with Crippen LogP contribution in [0.1, 0.15) is 20.8 Å². The number of carbonyl (C=O) groups excluding carboxylic acids is 4. The van der Waals surface area contributed by atoms with Gasteiger partial charge >= 0.3 is 0 Å². The molecule has 1 rings (SSSR count). The minimum atomic E-state index is -0.691. The lowest BCUT2D eigenvalue weighted by Crippen LogP contribution is -2.52. The van der Waals surface area contributed by atoms with E-state index in [1.807, 2.05) is 0 Å². The Kier molecular flexibility index (Phi) is 5.42. The lowest BCUT2D eigenvalue weighted by Gasteiger charge is -2.22. The maximum Gasteiger partial charge on any atom is 0.254 e. The number of imide groups is 1. The molecule has 1 heterocycles. The second kappa shape index (κ2) is 6.83. The van der Waals surface area contributed by atoms with Crippen molar-refractivity contribution in [2.75, 3.05) is 13.1 Å². The second-order valence-corrected chi connectivity index (χ2v) is 4.78. The fraction of sp³-hybridized carbons (Fsp3) is 0.538. The van der Waals surface area contributed by atoms with Gasteiger partial charge in [-0.2, -0.15) is 0 Å². The molecule has 1 aliphatic heterocycles. The number of amides is 4. The molecule has 1 aliphatic rings. The molecule has 0 unspecified atom stereocenters. The van der Waals surface area contributed by atoms with Gasteiger partial charge in [-0.05, 0) is 12.8 Å². The van der Waals surface area contributed by atoms with Gasteiger partial charge in [0.1, 0.15) is 12.6 Å². The van der Waals surface area contributed by atoms with E-state index in [2.05, 4.69) is 10.6 Å². The van der Waals surface area contributed by atoms with Crippen molar-refractivity contribution in [2.24, 2.45) is 5.92 Å². The summed E-state index contributed by atoms with van der Waals surface area (Å²) in [6.07, 6.45) is 2.22. The SMILES string of the molecule is CCNC(=O)[C@@H](NC(=O)CN1C(=O)C=CC1=O)C(C)C. The van der Waals surface area contributed by atoms with Gasteiger partial charge in [-0.3, -0.25) is 24.1 Å². The standard InChI is InChI=1S/C13H19N3O4/c1-4-14-13(20)12(8(2)3)15-9(17)7-16-10(18)5-6-11(16)19/h5-6,8,12H,4,7H2,1-3H3,(H,14,20)(H,15,17)/t12-/m0/s1. The van der Waals surface area contributed by atoms with Gasteiger partial charge in [0.2, 0.25) is 11.8 Å². The van der Waals surface area contributed by atoms with Crippen molar-refractivity contribution < 1.29 is 19.2 Å². The second-order valence-electron chi connectivity index (χ2n) is 4.78. The molecule has 4 amide bonds. The van der Waals surface area contributed by atoms with Crippen molar-refractivity contribution in [3.8, 4) is 0 Å². The van der Waals surface area contributed by atoms with Crippen LogP contribution in [-0.4, -0.2) is 47.7 Å². The highest BCUT2D eigenvalue weighted by Gasteiger charge is 2.28. The first-order chi connectivity index (χ1) is 9.36. The molecule has 20 heavy (non-hydrogen) atoms. The van der Waals surface area contributed by atoms with Crippen molar-refractivity contribution in [2.45, 2.75) is 26.8 Å². The topological polar surface area (TPSA) is 95.6 Å². The number of nitrogens with one attached hydrogen (secondary N) is 2. The predicted molar refractivity (Wildman–Crippen MR) is 71.3 cm³/mol. The van der Waals surface area contributed by atoms with E-state index in [0.29, 0.717) is 6.54 Å². The normalized spacial score (nSPS) is 15.7. The molecule has 0 aromatic heterocycles. The Hall–Kier alpha value is -2.18. The molecule has 0 aliphatic carbocycles. The van der Waals surface area contributed by atoms with Crippen LogP contribution in [0.3, 0.4) is 0 Å². The molecular formula is C13H19N3O4. The Bertz CT molecular complexity index is 439. The molecule has 110 valence electrons. The van der Waals surface area contributed by atoms with Crippen LogP contribution in [0.4, 0.5) is 0 Å². The van der Waals surface area contributed by atoms with Gasteiger partial charge in [-0.25, -0.2) is 0 Å². The van der Waals surface area contributed by atoms with Crippen LogP contribution in [0.2, 0.25) is 0 Å². The molecule has 0 radical (unpaired) electrons. The highest BCUT2D eigenvalue weighted by atomic mass is 16.2. The summed E-state index contributed by atoms with van der Waals surface area (Å²) < 4.78 is 0. The summed E-state index contributed by atoms with van der Waals surface area (Å²) in [6, 6.07) is -0.691. The maximum atomic E-state index is 11.8. The Balaban J connectivity index is 2.61. The lowest BCUT2D eigenvalue weighted by atomic mass is 10.0. The Morgan fingerprint density at radius 2 is 1.75 bits per heavy atom. The Morgan fingerprint density at radius 3 is 2.20 bits per heavy atom. The number of nitrogens with zero attached hydrogens (tertiary/aromatic N) is 1. The van der Waals surface area contributed by atoms with Gasteiger partial charge in [0, 0.05) is 18.7 Å². The number of likely N-dealkylation sites (N-methyl/N-ethyl adjacent to an activating group) is 1. The zero-order valence-electron chi connectivity index (χ0n) is 11.8. The zero-order chi connectivity index (χ0) is 15.3. The van der Waals surface area contributed by atoms with Crippen LogP contribution in [0, 0.1) is 5.92 Å². The van der Waals surface area contributed by atoms with Crippen LogP contribution < -0.4 is 10.6 Å². The number of hydrogen-bond donors (Lipinski definition) is 2. The quantitative estimate of drug-likeness (QED) is 0.622. The van der Waals surface area contributed by atoms with Gasteiger partial charge in [0.25, 0.3) is 11.8 Å². The minimum absolute atomic E-state index is 0.103. The molecule has 0 aromatic carbocycles. The third kappa shape index (κ3) is 3.91. The van der Waals surface area contributed by atoms with Gasteiger partial charge < -0.3 is 10.6 Å². The van der Waals surface area contributed by atoms with E-state index in [4.69, 9.17) is 0 Å². The van der Waals surface area contributed by atoms with E-state index in [9.17, 15) is 19.2 Å². The van der Waals surface area contributed by atoms with Crippen LogP contribution in [-0.2, 0) is 19.2 Å². The summed E-state index contributed by atoms with van der Waals surface area (Å²) >= 11 is 0. The molecular weight excluding hydrogens is 262 g/mol. The number of carbonyl (C=O) groups is 4. The van der Waals surface area contributed by atoms with Crippen molar-refractivity contribution >= 4 is 23.6 Å². The zero-order valence-corrected chi connectivity index (χ0v) is 11.8. The molecule has 2 N–H and O–H groups in total. The summed E-state index contributed by atoms with van der Waals surface area (Å²) in [4.78, 5) is 47.1. The largest absolute Gasteiger partial charge is 0.355 e. The molecule has 0 bridgehead atoms. The first-order valence-corrected chi connectivity index (χ1v) is 6.47. The average Bonchev–Trinajstić information content (AvgIpc) is 2.67. The fourth-order valence-electron chi connectivity index (χ4n) is 1.77. The summed E-state index contributed by atoms with van der Waals surface area (Å²) in [5.74, 6) is -1.98. The minimum Gasteiger partial charge on any atom is -0.355 e. The summed E-state index contributed by atoms with van der Waals surface area (Å²) in [5.41, 5.74) is 0. The van der Waals surface area contributed by atoms with Crippen molar-refractivity contribution in [3.05, 3.63) is 12.2 Å². The van der Waals surface area contributed by atoms with E-state index in [-0.39, 0.29) is 18.4 Å². The van der Waals surface area contributed by atoms with Crippen molar-refractivity contribution in [3.63, 3.8) is 0 Å². The smallest absolute Gasteiger partial charge is 0.254 e. The number of rotatable bonds is 6. The highest BCUT2D eigenvalue weighted by Crippen LogP contribution is 2.05. The van der Waals surface area contributed by atoms with Gasteiger partial charge in [-0.15, -0.1) is 0 Å². The van der Waals surface area contributed by atoms with Crippen LogP contribution in [0.15, 0.2) is 12.2 Å². The van der Waals surface area contributed by atoms with Gasteiger partial charge in [0.15, 0.2) is 0 Å². The third-order valence-corrected chi connectivity index (χ3v) is 2.82. The van der Waals surface area contributed by atoms with E-state index in [1.54, 1.807) is 20.8 Å². The van der Waals surface area contributed by atoms with Crippen LogP contribution in [0.25, 0.3) is 0 Å². The van der Waals surface area contributed by atoms with Gasteiger partial charge in [-0.1, -0.05) is 13.8 Å². The first-order valence-electron chi connectivity index (χ1n) is 6.47. The van der Waals surface area contributed by atoms with E-state index >= 15 is 0 Å². The maximum absolute atomic E-state index is 11.8. The first kappa shape index (κ1) is 15.9. The summed E-state index contributed by atoms with van der Waals surface area (Å²) in [7, 11) is 0. The van der Waals surface area contributed by atoms with Gasteiger partial charge in [0.05, 0.1) is 0 Å². The molecule has 0 saturated heterocycles. The molecule has 7 nitrogen and oxygen atoms in total. The van der Waals surface area contributed by atoms with E-state index in [0.717, 1.165) is 17.1 Å². The van der Waals surface area contributed by atoms with Crippen LogP contribution in [0.5, 0.6) is 0 Å². The summed E-state index contributed by atoms with van der Waals surface area (Å²) in [6.45, 7) is 5.46. The molecule has 0 fully saturated rings. The molecule has 1 atom stereocenters. The Labute approximate surface area is 117 Å².